The highest BCUT2D eigenvalue weighted by atomic mass is 35.5. The molecule has 1 aliphatic rings. The number of carbonyl (C=O) groups excluding carboxylic acids is 1. The van der Waals surface area contributed by atoms with Crippen molar-refractivity contribution in [2.24, 2.45) is 5.73 Å². The number of likely N-dealkylation sites (tertiary alicyclic amines) is 1. The first-order valence-electron chi connectivity index (χ1n) is 6.21. The lowest BCUT2D eigenvalue weighted by atomic mass is 10.1. The van der Waals surface area contributed by atoms with E-state index < -0.39 is 6.10 Å². The van der Waals surface area contributed by atoms with Crippen LogP contribution in [-0.4, -0.2) is 48.3 Å². The zero-order valence-corrected chi connectivity index (χ0v) is 11.3. The second-order valence-corrected chi connectivity index (χ2v) is 4.93. The number of hydrogen-bond acceptors (Lipinski definition) is 4. The van der Waals surface area contributed by atoms with Gasteiger partial charge in [0.2, 0.25) is 0 Å². The summed E-state index contributed by atoms with van der Waals surface area (Å²) >= 11 is 5.92. The van der Waals surface area contributed by atoms with Crippen LogP contribution in [-0.2, 0) is 0 Å². The van der Waals surface area contributed by atoms with Crippen molar-refractivity contribution in [2.75, 3.05) is 26.2 Å². The molecule has 1 amide bonds. The van der Waals surface area contributed by atoms with Crippen molar-refractivity contribution in [3.8, 4) is 5.75 Å². The Bertz CT molecular complexity index is 461. The third kappa shape index (κ3) is 3.37. The van der Waals surface area contributed by atoms with Crippen LogP contribution < -0.4 is 10.5 Å². The van der Waals surface area contributed by atoms with Crippen molar-refractivity contribution in [1.82, 2.24) is 4.90 Å². The second kappa shape index (κ2) is 6.23. The van der Waals surface area contributed by atoms with Crippen LogP contribution in [0.4, 0.5) is 0 Å². The van der Waals surface area contributed by atoms with Gasteiger partial charge in [0.05, 0.1) is 18.3 Å². The van der Waals surface area contributed by atoms with E-state index in [2.05, 4.69) is 0 Å². The van der Waals surface area contributed by atoms with E-state index in [1.54, 1.807) is 23.1 Å². The SMILES string of the molecule is NCCCOc1cc(Cl)ccc1C(=O)N1CC(O)C1. The van der Waals surface area contributed by atoms with E-state index in [1.165, 1.54) is 0 Å². The number of benzene rings is 1. The molecule has 1 heterocycles. The number of β-amino-alcohol motifs (C(OH)–C–C–N with tert-alkyl or cyclic N) is 1. The molecule has 0 atom stereocenters. The average Bonchev–Trinajstić information content (AvgIpc) is 2.35. The summed E-state index contributed by atoms with van der Waals surface area (Å²) in [5.41, 5.74) is 5.87. The summed E-state index contributed by atoms with van der Waals surface area (Å²) in [5, 5.41) is 9.76. The zero-order valence-electron chi connectivity index (χ0n) is 10.5. The van der Waals surface area contributed by atoms with Crippen LogP contribution in [0.5, 0.6) is 5.75 Å². The number of ether oxygens (including phenoxy) is 1. The van der Waals surface area contributed by atoms with Crippen LogP contribution >= 0.6 is 11.6 Å². The predicted octanol–water partition coefficient (Wildman–Crippen LogP) is 0.884. The minimum absolute atomic E-state index is 0.148. The summed E-state index contributed by atoms with van der Waals surface area (Å²) in [6.07, 6.45) is 0.292. The number of carbonyl (C=O) groups is 1. The lowest BCUT2D eigenvalue weighted by Crippen LogP contribution is -2.53. The molecule has 6 heteroatoms. The Morgan fingerprint density at radius 1 is 1.53 bits per heavy atom. The number of halogens is 1. The Morgan fingerprint density at radius 3 is 2.89 bits per heavy atom. The minimum Gasteiger partial charge on any atom is -0.493 e. The molecule has 0 spiro atoms. The Morgan fingerprint density at radius 2 is 2.26 bits per heavy atom. The molecule has 0 bridgehead atoms. The van der Waals surface area contributed by atoms with Gasteiger partial charge in [0.15, 0.2) is 0 Å². The molecule has 0 radical (unpaired) electrons. The van der Waals surface area contributed by atoms with Crippen molar-refractivity contribution >= 4 is 17.5 Å². The van der Waals surface area contributed by atoms with Crippen molar-refractivity contribution < 1.29 is 14.6 Å². The van der Waals surface area contributed by atoms with Crippen molar-refractivity contribution in [2.45, 2.75) is 12.5 Å². The first-order valence-corrected chi connectivity index (χ1v) is 6.59. The summed E-state index contributed by atoms with van der Waals surface area (Å²) < 4.78 is 5.55. The first kappa shape index (κ1) is 14.1. The van der Waals surface area contributed by atoms with Crippen LogP contribution in [0.15, 0.2) is 18.2 Å². The van der Waals surface area contributed by atoms with E-state index in [0.29, 0.717) is 49.0 Å². The molecule has 19 heavy (non-hydrogen) atoms. The minimum atomic E-state index is -0.419. The Labute approximate surface area is 116 Å². The van der Waals surface area contributed by atoms with Gasteiger partial charge in [-0.15, -0.1) is 0 Å². The Balaban J connectivity index is 2.11. The maximum absolute atomic E-state index is 12.2. The Hall–Kier alpha value is -1.30. The molecule has 1 aliphatic heterocycles. The number of amides is 1. The van der Waals surface area contributed by atoms with E-state index in [1.807, 2.05) is 0 Å². The third-order valence-corrected chi connectivity index (χ3v) is 3.16. The predicted molar refractivity (Wildman–Crippen MR) is 72.5 cm³/mol. The maximum Gasteiger partial charge on any atom is 0.257 e. The molecule has 1 saturated heterocycles. The quantitative estimate of drug-likeness (QED) is 0.787. The van der Waals surface area contributed by atoms with Gasteiger partial charge >= 0.3 is 0 Å². The lowest BCUT2D eigenvalue weighted by Gasteiger charge is -2.36. The number of rotatable bonds is 5. The van der Waals surface area contributed by atoms with Gasteiger partial charge in [0.1, 0.15) is 5.75 Å². The topological polar surface area (TPSA) is 75.8 Å². The lowest BCUT2D eigenvalue weighted by molar-refractivity contribution is 0.00565. The molecule has 0 aromatic heterocycles. The van der Waals surface area contributed by atoms with Crippen molar-refractivity contribution in [3.05, 3.63) is 28.8 Å². The largest absolute Gasteiger partial charge is 0.493 e. The number of nitrogens with zero attached hydrogens (tertiary/aromatic N) is 1. The Kier molecular flexibility index (Phi) is 4.63. The number of aliphatic hydroxyl groups excluding tert-OH is 1. The summed E-state index contributed by atoms with van der Waals surface area (Å²) in [6, 6.07) is 4.93. The average molecular weight is 285 g/mol. The van der Waals surface area contributed by atoms with Crippen LogP contribution in [0, 0.1) is 0 Å². The summed E-state index contributed by atoms with van der Waals surface area (Å²) in [5.74, 6) is 0.317. The fourth-order valence-electron chi connectivity index (χ4n) is 1.85. The smallest absolute Gasteiger partial charge is 0.257 e. The molecule has 2 rings (SSSR count). The van der Waals surface area contributed by atoms with Crippen LogP contribution in [0.25, 0.3) is 0 Å². The van der Waals surface area contributed by atoms with Crippen LogP contribution in [0.2, 0.25) is 5.02 Å². The number of nitrogens with two attached hydrogens (primary N) is 1. The highest BCUT2D eigenvalue weighted by Crippen LogP contribution is 2.26. The standard InChI is InChI=1S/C13H17ClN2O3/c14-9-2-3-11(12(6-9)19-5-1-4-15)13(18)16-7-10(17)8-16/h2-3,6,10,17H,1,4-5,7-8,15H2. The first-order chi connectivity index (χ1) is 9.11. The normalized spacial score (nSPS) is 15.2. The monoisotopic (exact) mass is 284 g/mol. The highest BCUT2D eigenvalue weighted by molar-refractivity contribution is 6.30. The van der Waals surface area contributed by atoms with Gasteiger partial charge in [0, 0.05) is 18.1 Å². The molecular formula is C13H17ClN2O3. The number of hydrogen-bond donors (Lipinski definition) is 2. The van der Waals surface area contributed by atoms with E-state index in [4.69, 9.17) is 22.1 Å². The van der Waals surface area contributed by atoms with Gasteiger partial charge in [-0.3, -0.25) is 4.79 Å². The molecule has 1 fully saturated rings. The van der Waals surface area contributed by atoms with Crippen molar-refractivity contribution in [3.63, 3.8) is 0 Å². The second-order valence-electron chi connectivity index (χ2n) is 4.50. The van der Waals surface area contributed by atoms with Gasteiger partial charge in [-0.05, 0) is 31.2 Å². The third-order valence-electron chi connectivity index (χ3n) is 2.93. The molecule has 1 aromatic carbocycles. The van der Waals surface area contributed by atoms with Gasteiger partial charge < -0.3 is 20.5 Å². The van der Waals surface area contributed by atoms with Gasteiger partial charge in [0.25, 0.3) is 5.91 Å². The molecule has 1 aromatic rings. The fraction of sp³-hybridized carbons (Fsp3) is 0.462. The summed E-state index contributed by atoms with van der Waals surface area (Å²) in [4.78, 5) is 13.8. The summed E-state index contributed by atoms with van der Waals surface area (Å²) in [7, 11) is 0. The van der Waals surface area contributed by atoms with E-state index >= 15 is 0 Å². The summed E-state index contributed by atoms with van der Waals surface area (Å²) in [6.45, 7) is 1.70. The van der Waals surface area contributed by atoms with Gasteiger partial charge in [-0.2, -0.15) is 0 Å². The molecule has 0 aliphatic carbocycles. The number of aliphatic hydroxyl groups is 1. The highest BCUT2D eigenvalue weighted by Gasteiger charge is 2.30. The molecule has 104 valence electrons. The van der Waals surface area contributed by atoms with E-state index in [9.17, 15) is 9.90 Å². The zero-order chi connectivity index (χ0) is 13.8. The molecule has 0 saturated carbocycles. The van der Waals surface area contributed by atoms with Gasteiger partial charge in [-0.1, -0.05) is 11.6 Å². The molecule has 5 nitrogen and oxygen atoms in total. The molecule has 0 unspecified atom stereocenters. The van der Waals surface area contributed by atoms with E-state index in [-0.39, 0.29) is 5.91 Å². The molecular weight excluding hydrogens is 268 g/mol. The molecule has 3 N–H and O–H groups in total. The van der Waals surface area contributed by atoms with E-state index in [0.717, 1.165) is 0 Å². The van der Waals surface area contributed by atoms with Crippen LogP contribution in [0.3, 0.4) is 0 Å². The van der Waals surface area contributed by atoms with Crippen molar-refractivity contribution in [1.29, 1.82) is 0 Å². The maximum atomic E-state index is 12.2. The fourth-order valence-corrected chi connectivity index (χ4v) is 2.01. The van der Waals surface area contributed by atoms with Gasteiger partial charge in [-0.25, -0.2) is 0 Å². The van der Waals surface area contributed by atoms with Crippen LogP contribution in [0.1, 0.15) is 16.8 Å².